The number of hydrogen-bond donors (Lipinski definition) is 0. The van der Waals surface area contributed by atoms with E-state index in [9.17, 15) is 0 Å². The average Bonchev–Trinajstić information content (AvgIpc) is 2.75. The molecule has 0 saturated carbocycles. The molecule has 0 spiro atoms. The highest BCUT2D eigenvalue weighted by Crippen LogP contribution is 2.36. The fraction of sp³-hybridized carbons (Fsp3) is 0.472. The van der Waals surface area contributed by atoms with Crippen molar-refractivity contribution in [1.29, 1.82) is 0 Å². The number of aryl methyl sites for hydroxylation is 1. The lowest BCUT2D eigenvalue weighted by atomic mass is 9.75. The molecule has 0 saturated heterocycles. The molecule has 0 nitrogen and oxygen atoms in total. The predicted octanol–water partition coefficient (Wildman–Crippen LogP) is 10.0. The van der Waals surface area contributed by atoms with Gasteiger partial charge in [0.25, 0.3) is 0 Å². The molecule has 0 aromatic heterocycles. The highest BCUT2D eigenvalue weighted by molar-refractivity contribution is 7.50. The Morgan fingerprint density at radius 2 is 1.00 bits per heavy atom. The molecule has 0 amide bonds. The van der Waals surface area contributed by atoms with Crippen molar-refractivity contribution in [2.45, 2.75) is 112 Å². The third-order valence-corrected chi connectivity index (χ3v) is 8.67. The fourth-order valence-corrected chi connectivity index (χ4v) is 6.60. The first-order valence-electron chi connectivity index (χ1n) is 13.8. The first-order valence-corrected chi connectivity index (χ1v) is 14.6. The molecule has 0 unspecified atom stereocenters. The van der Waals surface area contributed by atoms with Gasteiger partial charge in [-0.05, 0) is 67.5 Å². The quantitative estimate of drug-likeness (QED) is 0.306. The standard InChI is InChI=1S/C36H49P/c1-24-16-14-15-17-28(24)31(25-18-20-26(21-19-25)33(2,3)4)37-32-29(35(8,9)10)22-27(34(5,6)7)23-30(32)36(11,12)13/h14-23H,1-13H3. The van der Waals surface area contributed by atoms with E-state index in [0.29, 0.717) is 0 Å². The van der Waals surface area contributed by atoms with Crippen LogP contribution in [0.25, 0.3) is 0 Å². The summed E-state index contributed by atoms with van der Waals surface area (Å²) in [4.78, 5) is 0. The van der Waals surface area contributed by atoms with Crippen LogP contribution >= 0.6 is 8.20 Å². The molecular formula is C36H49P. The maximum Gasteiger partial charge on any atom is 0.0171 e. The topological polar surface area (TPSA) is 0 Å². The summed E-state index contributed by atoms with van der Waals surface area (Å²) >= 11 is 0. The summed E-state index contributed by atoms with van der Waals surface area (Å²) in [6.45, 7) is 30.3. The third kappa shape index (κ3) is 6.83. The molecule has 0 aliphatic carbocycles. The highest BCUT2D eigenvalue weighted by atomic mass is 31.1. The second-order valence-corrected chi connectivity index (χ2v) is 15.9. The summed E-state index contributed by atoms with van der Waals surface area (Å²) in [6.07, 6.45) is 0. The molecule has 3 aromatic carbocycles. The minimum absolute atomic E-state index is 0.0382. The maximum atomic E-state index is 2.50. The van der Waals surface area contributed by atoms with Crippen LogP contribution < -0.4 is 5.30 Å². The van der Waals surface area contributed by atoms with E-state index < -0.39 is 0 Å². The maximum absolute atomic E-state index is 2.50. The summed E-state index contributed by atoms with van der Waals surface area (Å²) in [7, 11) is 1.27. The Morgan fingerprint density at radius 1 is 0.541 bits per heavy atom. The second-order valence-electron chi connectivity index (χ2n) is 14.8. The van der Waals surface area contributed by atoms with E-state index in [1.54, 1.807) is 0 Å². The predicted molar refractivity (Wildman–Crippen MR) is 169 cm³/mol. The van der Waals surface area contributed by atoms with Crippen molar-refractivity contribution in [2.24, 2.45) is 0 Å². The van der Waals surface area contributed by atoms with E-state index in [-0.39, 0.29) is 21.7 Å². The van der Waals surface area contributed by atoms with Gasteiger partial charge in [0.2, 0.25) is 0 Å². The first-order chi connectivity index (χ1) is 16.8. The molecule has 0 aliphatic rings. The van der Waals surface area contributed by atoms with Gasteiger partial charge in [0.1, 0.15) is 0 Å². The minimum atomic E-state index is 0.0382. The van der Waals surface area contributed by atoms with E-state index in [1.165, 1.54) is 57.7 Å². The zero-order valence-corrected chi connectivity index (χ0v) is 26.6. The lowest BCUT2D eigenvalue weighted by Gasteiger charge is -2.33. The van der Waals surface area contributed by atoms with E-state index in [4.69, 9.17) is 0 Å². The highest BCUT2D eigenvalue weighted by Gasteiger charge is 2.29. The Kier molecular flexibility index (Phi) is 8.09. The van der Waals surface area contributed by atoms with Crippen molar-refractivity contribution in [3.63, 3.8) is 0 Å². The normalized spacial score (nSPS) is 13.7. The molecule has 3 aromatic rings. The molecule has 0 atom stereocenters. The van der Waals surface area contributed by atoms with Gasteiger partial charge in [-0.2, -0.15) is 0 Å². The lowest BCUT2D eigenvalue weighted by molar-refractivity contribution is 0.554. The van der Waals surface area contributed by atoms with Gasteiger partial charge < -0.3 is 0 Å². The van der Waals surface area contributed by atoms with E-state index >= 15 is 0 Å². The van der Waals surface area contributed by atoms with Crippen molar-refractivity contribution in [2.75, 3.05) is 0 Å². The second kappa shape index (κ2) is 10.2. The van der Waals surface area contributed by atoms with Crippen LogP contribution in [-0.2, 0) is 21.7 Å². The molecule has 0 aliphatic heterocycles. The van der Waals surface area contributed by atoms with E-state index in [1.807, 2.05) is 0 Å². The summed E-state index contributed by atoms with van der Waals surface area (Å²) in [5.41, 5.74) is 10.0. The van der Waals surface area contributed by atoms with Gasteiger partial charge in [0, 0.05) is 10.6 Å². The SMILES string of the molecule is Cc1ccccc1C(=Pc1c(C(C)(C)C)cc(C(C)(C)C)cc1C(C)(C)C)c1ccc(C(C)(C)C)cc1. The Morgan fingerprint density at radius 3 is 1.41 bits per heavy atom. The van der Waals surface area contributed by atoms with Crippen LogP contribution in [0, 0.1) is 6.92 Å². The van der Waals surface area contributed by atoms with Gasteiger partial charge in [0.15, 0.2) is 0 Å². The minimum Gasteiger partial charge on any atom is -0.0620 e. The van der Waals surface area contributed by atoms with Crippen molar-refractivity contribution < 1.29 is 0 Å². The zero-order chi connectivity index (χ0) is 28.0. The van der Waals surface area contributed by atoms with Crippen LogP contribution in [0.4, 0.5) is 0 Å². The molecule has 0 bridgehead atoms. The van der Waals surface area contributed by atoms with Gasteiger partial charge in [0.05, 0.1) is 0 Å². The van der Waals surface area contributed by atoms with Gasteiger partial charge in [-0.3, -0.25) is 0 Å². The van der Waals surface area contributed by atoms with Gasteiger partial charge in [-0.25, -0.2) is 0 Å². The summed E-state index contributed by atoms with van der Waals surface area (Å²) in [5, 5.41) is 2.85. The molecular weight excluding hydrogens is 463 g/mol. The lowest BCUT2D eigenvalue weighted by Crippen LogP contribution is -2.30. The summed E-state index contributed by atoms with van der Waals surface area (Å²) in [6, 6.07) is 23.2. The Bertz CT molecular complexity index is 1240. The smallest absolute Gasteiger partial charge is 0.0171 e. The molecule has 198 valence electrons. The van der Waals surface area contributed by atoms with E-state index in [2.05, 4.69) is 151 Å². The number of rotatable bonds is 3. The Labute approximate surface area is 229 Å². The third-order valence-electron chi connectivity index (χ3n) is 7.24. The van der Waals surface area contributed by atoms with Crippen LogP contribution in [0.1, 0.15) is 122 Å². The van der Waals surface area contributed by atoms with Crippen molar-refractivity contribution in [3.05, 3.63) is 99.6 Å². The molecule has 0 N–H and O–H groups in total. The molecule has 0 radical (unpaired) electrons. The average molecular weight is 513 g/mol. The zero-order valence-electron chi connectivity index (χ0n) is 25.7. The van der Waals surface area contributed by atoms with Crippen molar-refractivity contribution in [1.82, 2.24) is 0 Å². The van der Waals surface area contributed by atoms with Crippen molar-refractivity contribution >= 4 is 18.8 Å². The number of benzene rings is 3. The first kappa shape index (κ1) is 29.4. The summed E-state index contributed by atoms with van der Waals surface area (Å²) < 4.78 is 0. The molecule has 0 heterocycles. The summed E-state index contributed by atoms with van der Waals surface area (Å²) in [5.74, 6) is 0. The van der Waals surface area contributed by atoms with Crippen LogP contribution in [0.5, 0.6) is 0 Å². The fourth-order valence-electron chi connectivity index (χ4n) is 4.69. The Hall–Kier alpha value is -2.17. The monoisotopic (exact) mass is 512 g/mol. The van der Waals surface area contributed by atoms with Crippen LogP contribution in [0.15, 0.2) is 60.7 Å². The molecule has 1 heteroatoms. The van der Waals surface area contributed by atoms with Crippen LogP contribution in [0.3, 0.4) is 0 Å². The van der Waals surface area contributed by atoms with Crippen LogP contribution in [0.2, 0.25) is 0 Å². The molecule has 0 fully saturated rings. The molecule has 37 heavy (non-hydrogen) atoms. The van der Waals surface area contributed by atoms with E-state index in [0.717, 1.165) is 0 Å². The largest absolute Gasteiger partial charge is 0.0620 e. The van der Waals surface area contributed by atoms with Gasteiger partial charge >= 0.3 is 0 Å². The van der Waals surface area contributed by atoms with Gasteiger partial charge in [-0.15, -0.1) is 0 Å². The van der Waals surface area contributed by atoms with Gasteiger partial charge in [-0.1, -0.05) is 152 Å². The van der Waals surface area contributed by atoms with Crippen molar-refractivity contribution in [3.8, 4) is 0 Å². The molecule has 3 rings (SSSR count). The Balaban J connectivity index is 2.45. The van der Waals surface area contributed by atoms with Crippen LogP contribution in [-0.4, -0.2) is 5.29 Å². The number of hydrogen-bond acceptors (Lipinski definition) is 0.